The number of amides is 2. The number of hydrogen-bond acceptors (Lipinski definition) is 3. The summed E-state index contributed by atoms with van der Waals surface area (Å²) in [4.78, 5) is 13.2. The first-order valence-electron chi connectivity index (χ1n) is 8.23. The molecule has 1 heterocycles. The summed E-state index contributed by atoms with van der Waals surface area (Å²) in [6, 6.07) is 18.0. The number of primary amides is 1. The Bertz CT molecular complexity index is 1140. The summed E-state index contributed by atoms with van der Waals surface area (Å²) in [5.74, 6) is -0.0271. The van der Waals surface area contributed by atoms with Crippen molar-refractivity contribution in [3.8, 4) is 11.1 Å². The van der Waals surface area contributed by atoms with Crippen LogP contribution in [-0.4, -0.2) is 16.2 Å². The van der Waals surface area contributed by atoms with Crippen LogP contribution >= 0.6 is 0 Å². The van der Waals surface area contributed by atoms with Crippen LogP contribution in [0.3, 0.4) is 0 Å². The molecule has 0 aliphatic carbocycles. The average Bonchev–Trinajstić information content (AvgIpc) is 3.04. The molecule has 7 heteroatoms. The molecule has 0 unspecified atom stereocenters. The van der Waals surface area contributed by atoms with E-state index in [9.17, 15) is 9.18 Å². The van der Waals surface area contributed by atoms with E-state index in [1.165, 1.54) is 23.1 Å². The summed E-state index contributed by atoms with van der Waals surface area (Å²) >= 11 is 0. The van der Waals surface area contributed by atoms with Gasteiger partial charge >= 0.3 is 6.03 Å². The number of carbonyl (C=O) groups is 1. The Morgan fingerprint density at radius 1 is 1.00 bits per heavy atom. The van der Waals surface area contributed by atoms with Gasteiger partial charge in [0.25, 0.3) is 0 Å². The van der Waals surface area contributed by atoms with Gasteiger partial charge in [-0.2, -0.15) is 5.10 Å². The molecule has 0 bridgehead atoms. The second kappa shape index (κ2) is 6.45. The minimum atomic E-state index is -0.700. The molecule has 0 radical (unpaired) electrons. The lowest BCUT2D eigenvalue weighted by Gasteiger charge is -2.21. The lowest BCUT2D eigenvalue weighted by atomic mass is 10.0. The van der Waals surface area contributed by atoms with Crippen molar-refractivity contribution in [2.75, 3.05) is 10.6 Å². The molecule has 0 aliphatic heterocycles. The summed E-state index contributed by atoms with van der Waals surface area (Å²) in [6.07, 6.45) is 0. The standard InChI is InChI=1S/C20H16FN5O/c21-13-3-1-4-15(11-13)26(20(23)27)14-9-7-12(8-10-14)16-5-2-6-17-18(16)19(22)25-24-17/h1-11H,(H2,23,27)(H3,22,24,25). The molecule has 1 aromatic heterocycles. The highest BCUT2D eigenvalue weighted by atomic mass is 19.1. The first-order valence-corrected chi connectivity index (χ1v) is 8.23. The number of rotatable bonds is 3. The Kier molecular flexibility index (Phi) is 3.97. The van der Waals surface area contributed by atoms with E-state index < -0.39 is 11.8 Å². The number of nitrogens with zero attached hydrogens (tertiary/aromatic N) is 2. The topological polar surface area (TPSA) is 101 Å². The van der Waals surface area contributed by atoms with Gasteiger partial charge in [-0.1, -0.05) is 30.3 Å². The third-order valence-electron chi connectivity index (χ3n) is 4.34. The predicted molar refractivity (Wildman–Crippen MR) is 104 cm³/mol. The van der Waals surface area contributed by atoms with E-state index in [-0.39, 0.29) is 0 Å². The fourth-order valence-corrected chi connectivity index (χ4v) is 3.15. The highest BCUT2D eigenvalue weighted by Crippen LogP contribution is 2.33. The van der Waals surface area contributed by atoms with Gasteiger partial charge in [0.05, 0.1) is 22.3 Å². The maximum Gasteiger partial charge on any atom is 0.323 e. The zero-order valence-electron chi connectivity index (χ0n) is 14.2. The number of aromatic amines is 1. The quantitative estimate of drug-likeness (QED) is 0.510. The van der Waals surface area contributed by atoms with E-state index in [1.807, 2.05) is 30.3 Å². The SMILES string of the molecule is NC(=O)N(c1ccc(-c2cccc3[nH]nc(N)c23)cc1)c1cccc(F)c1. The molecule has 0 aliphatic rings. The molecule has 0 atom stereocenters. The van der Waals surface area contributed by atoms with Gasteiger partial charge in [0, 0.05) is 0 Å². The number of nitrogens with two attached hydrogens (primary N) is 2. The van der Waals surface area contributed by atoms with E-state index in [0.717, 1.165) is 22.0 Å². The van der Waals surface area contributed by atoms with Crippen molar-refractivity contribution in [1.29, 1.82) is 0 Å². The van der Waals surface area contributed by atoms with Crippen LogP contribution in [0.25, 0.3) is 22.0 Å². The molecule has 0 saturated heterocycles. The molecule has 4 rings (SSSR count). The largest absolute Gasteiger partial charge is 0.382 e. The molecule has 0 fully saturated rings. The highest BCUT2D eigenvalue weighted by Gasteiger charge is 2.16. The molecule has 3 aromatic carbocycles. The Hall–Kier alpha value is -3.87. The minimum Gasteiger partial charge on any atom is -0.382 e. The van der Waals surface area contributed by atoms with Crippen molar-refractivity contribution in [2.45, 2.75) is 0 Å². The number of H-pyrrole nitrogens is 1. The van der Waals surface area contributed by atoms with Gasteiger partial charge in [-0.25, -0.2) is 9.18 Å². The van der Waals surface area contributed by atoms with Crippen LogP contribution in [0.4, 0.5) is 26.4 Å². The van der Waals surface area contributed by atoms with E-state index >= 15 is 0 Å². The van der Waals surface area contributed by atoms with Crippen LogP contribution in [0.5, 0.6) is 0 Å². The van der Waals surface area contributed by atoms with E-state index in [4.69, 9.17) is 11.5 Å². The molecule has 0 spiro atoms. The summed E-state index contributed by atoms with van der Waals surface area (Å²) in [5, 5.41) is 7.77. The number of fused-ring (bicyclic) bond motifs is 1. The molecule has 134 valence electrons. The second-order valence-electron chi connectivity index (χ2n) is 6.04. The maximum absolute atomic E-state index is 13.5. The fourth-order valence-electron chi connectivity index (χ4n) is 3.15. The third-order valence-corrected chi connectivity index (χ3v) is 4.34. The smallest absolute Gasteiger partial charge is 0.323 e. The van der Waals surface area contributed by atoms with E-state index in [0.29, 0.717) is 17.2 Å². The Morgan fingerprint density at radius 3 is 2.44 bits per heavy atom. The first kappa shape index (κ1) is 16.6. The average molecular weight is 361 g/mol. The van der Waals surface area contributed by atoms with Gasteiger partial charge < -0.3 is 11.5 Å². The van der Waals surface area contributed by atoms with Crippen LogP contribution in [0.1, 0.15) is 0 Å². The normalized spacial score (nSPS) is 10.9. The molecule has 4 aromatic rings. The Morgan fingerprint density at radius 2 is 1.74 bits per heavy atom. The van der Waals surface area contributed by atoms with Crippen LogP contribution < -0.4 is 16.4 Å². The lowest BCUT2D eigenvalue weighted by Crippen LogP contribution is -2.31. The van der Waals surface area contributed by atoms with Crippen LogP contribution in [0.15, 0.2) is 66.7 Å². The zero-order valence-corrected chi connectivity index (χ0v) is 14.2. The van der Waals surface area contributed by atoms with Crippen LogP contribution in [0, 0.1) is 5.82 Å². The maximum atomic E-state index is 13.5. The summed E-state index contributed by atoms with van der Waals surface area (Å²) < 4.78 is 13.5. The number of urea groups is 1. The number of nitrogens with one attached hydrogen (secondary N) is 1. The fraction of sp³-hybridized carbons (Fsp3) is 0. The van der Waals surface area contributed by atoms with Gasteiger partial charge in [-0.3, -0.25) is 10.00 Å². The number of carbonyl (C=O) groups excluding carboxylic acids is 1. The van der Waals surface area contributed by atoms with E-state index in [1.54, 1.807) is 18.2 Å². The minimum absolute atomic E-state index is 0.358. The molecule has 5 N–H and O–H groups in total. The molecule has 0 saturated carbocycles. The van der Waals surface area contributed by atoms with Gasteiger partial charge in [-0.15, -0.1) is 0 Å². The number of aromatic nitrogens is 2. The number of halogens is 1. The number of hydrogen-bond donors (Lipinski definition) is 3. The number of nitrogen functional groups attached to an aromatic ring is 1. The number of benzene rings is 3. The van der Waals surface area contributed by atoms with Crippen LogP contribution in [0.2, 0.25) is 0 Å². The zero-order chi connectivity index (χ0) is 19.0. The van der Waals surface area contributed by atoms with Crippen molar-refractivity contribution < 1.29 is 9.18 Å². The summed E-state index contributed by atoms with van der Waals surface area (Å²) in [5.41, 5.74) is 15.0. The molecular formula is C20H16FN5O. The van der Waals surface area contributed by atoms with Crippen molar-refractivity contribution in [3.63, 3.8) is 0 Å². The molecule has 6 nitrogen and oxygen atoms in total. The van der Waals surface area contributed by atoms with Gasteiger partial charge in [0.2, 0.25) is 0 Å². The second-order valence-corrected chi connectivity index (χ2v) is 6.04. The van der Waals surface area contributed by atoms with Gasteiger partial charge in [0.15, 0.2) is 5.82 Å². The van der Waals surface area contributed by atoms with Gasteiger partial charge in [-0.05, 0) is 47.5 Å². The molecule has 27 heavy (non-hydrogen) atoms. The van der Waals surface area contributed by atoms with Crippen molar-refractivity contribution in [1.82, 2.24) is 10.2 Å². The van der Waals surface area contributed by atoms with Crippen molar-refractivity contribution in [2.24, 2.45) is 5.73 Å². The van der Waals surface area contributed by atoms with E-state index in [2.05, 4.69) is 10.2 Å². The number of anilines is 3. The van der Waals surface area contributed by atoms with Gasteiger partial charge in [0.1, 0.15) is 5.82 Å². The van der Waals surface area contributed by atoms with Crippen molar-refractivity contribution >= 4 is 34.1 Å². The first-order chi connectivity index (χ1) is 13.0. The molecular weight excluding hydrogens is 345 g/mol. The highest BCUT2D eigenvalue weighted by molar-refractivity contribution is 6.02. The third kappa shape index (κ3) is 2.95. The monoisotopic (exact) mass is 361 g/mol. The lowest BCUT2D eigenvalue weighted by molar-refractivity contribution is 0.256. The summed E-state index contributed by atoms with van der Waals surface area (Å²) in [7, 11) is 0. The van der Waals surface area contributed by atoms with Crippen molar-refractivity contribution in [3.05, 3.63) is 72.5 Å². The predicted octanol–water partition coefficient (Wildman–Crippen LogP) is 4.17. The summed E-state index contributed by atoms with van der Waals surface area (Å²) in [6.45, 7) is 0. The molecule has 2 amide bonds. The Labute approximate surface area is 154 Å². The van der Waals surface area contributed by atoms with Crippen LogP contribution in [-0.2, 0) is 0 Å². The Balaban J connectivity index is 1.76.